The Hall–Kier alpha value is -1.03. The number of anilines is 1. The zero-order valence-electron chi connectivity index (χ0n) is 10.5. The molecule has 1 unspecified atom stereocenters. The first-order chi connectivity index (χ1) is 8.63. The lowest BCUT2D eigenvalue weighted by Crippen LogP contribution is -2.36. The van der Waals surface area contributed by atoms with Gasteiger partial charge in [-0.3, -0.25) is 0 Å². The molecule has 0 spiro atoms. The molecule has 1 N–H and O–H groups in total. The van der Waals surface area contributed by atoms with Crippen molar-refractivity contribution < 1.29 is 9.90 Å². The molecule has 3 nitrogen and oxygen atoms in total. The fourth-order valence-electron chi connectivity index (χ4n) is 2.61. The van der Waals surface area contributed by atoms with E-state index in [1.807, 2.05) is 12.1 Å². The standard InChI is InChI=1S/C14H18BrNO2/c1-2-10-5-4-8-16(9-10)12-7-3-6-11(15)13(12)14(17)18/h3,6-7,10H,2,4-5,8-9H2,1H3,(H,17,18). The molecule has 18 heavy (non-hydrogen) atoms. The van der Waals surface area contributed by atoms with Gasteiger partial charge in [0.15, 0.2) is 0 Å². The van der Waals surface area contributed by atoms with Gasteiger partial charge < -0.3 is 10.0 Å². The monoisotopic (exact) mass is 311 g/mol. The number of aromatic carboxylic acids is 1. The van der Waals surface area contributed by atoms with E-state index in [-0.39, 0.29) is 0 Å². The Bertz CT molecular complexity index is 447. The summed E-state index contributed by atoms with van der Waals surface area (Å²) in [5.41, 5.74) is 1.23. The largest absolute Gasteiger partial charge is 0.478 e. The van der Waals surface area contributed by atoms with Crippen molar-refractivity contribution in [3.8, 4) is 0 Å². The number of piperidine rings is 1. The van der Waals surface area contributed by atoms with Crippen LogP contribution < -0.4 is 4.90 Å². The summed E-state index contributed by atoms with van der Waals surface area (Å²) < 4.78 is 0.658. The minimum atomic E-state index is -0.865. The predicted molar refractivity (Wildman–Crippen MR) is 76.3 cm³/mol. The van der Waals surface area contributed by atoms with Crippen molar-refractivity contribution in [2.75, 3.05) is 18.0 Å². The smallest absolute Gasteiger partial charge is 0.338 e. The summed E-state index contributed by atoms with van der Waals surface area (Å²) in [6, 6.07) is 5.60. The summed E-state index contributed by atoms with van der Waals surface area (Å²) in [7, 11) is 0. The number of benzene rings is 1. The first-order valence-electron chi connectivity index (χ1n) is 6.40. The van der Waals surface area contributed by atoms with Crippen molar-refractivity contribution in [1.29, 1.82) is 0 Å². The second kappa shape index (κ2) is 5.74. The van der Waals surface area contributed by atoms with Crippen LogP contribution in [0.1, 0.15) is 36.5 Å². The van der Waals surface area contributed by atoms with E-state index in [1.54, 1.807) is 6.07 Å². The Morgan fingerprint density at radius 2 is 2.33 bits per heavy atom. The number of nitrogens with zero attached hydrogens (tertiary/aromatic N) is 1. The molecule has 4 heteroatoms. The molecule has 0 aliphatic carbocycles. The number of halogens is 1. The average molecular weight is 312 g/mol. The van der Waals surface area contributed by atoms with E-state index in [1.165, 1.54) is 6.42 Å². The predicted octanol–water partition coefficient (Wildman–Crippen LogP) is 3.77. The lowest BCUT2D eigenvalue weighted by Gasteiger charge is -2.35. The molecule has 98 valence electrons. The van der Waals surface area contributed by atoms with Gasteiger partial charge in [-0.05, 0) is 46.8 Å². The molecule has 1 atom stereocenters. The summed E-state index contributed by atoms with van der Waals surface area (Å²) in [5, 5.41) is 9.34. The molecule has 1 aromatic carbocycles. The molecule has 1 fully saturated rings. The first-order valence-corrected chi connectivity index (χ1v) is 7.19. The van der Waals surface area contributed by atoms with Crippen LogP contribution in [-0.4, -0.2) is 24.2 Å². The highest BCUT2D eigenvalue weighted by molar-refractivity contribution is 9.10. The molecule has 1 saturated heterocycles. The second-order valence-corrected chi connectivity index (χ2v) is 5.66. The second-order valence-electron chi connectivity index (χ2n) is 4.80. The van der Waals surface area contributed by atoms with Crippen LogP contribution >= 0.6 is 15.9 Å². The highest BCUT2D eigenvalue weighted by atomic mass is 79.9. The van der Waals surface area contributed by atoms with E-state index in [9.17, 15) is 9.90 Å². The minimum Gasteiger partial charge on any atom is -0.478 e. The average Bonchev–Trinajstić information content (AvgIpc) is 2.38. The van der Waals surface area contributed by atoms with Crippen LogP contribution in [0.2, 0.25) is 0 Å². The molecule has 1 aliphatic heterocycles. The van der Waals surface area contributed by atoms with Gasteiger partial charge in [-0.1, -0.05) is 19.4 Å². The van der Waals surface area contributed by atoms with E-state index in [0.717, 1.165) is 31.6 Å². The van der Waals surface area contributed by atoms with Gasteiger partial charge in [0.1, 0.15) is 0 Å². The molecule has 0 radical (unpaired) electrons. The molecule has 1 heterocycles. The minimum absolute atomic E-state index is 0.384. The third kappa shape index (κ3) is 2.69. The van der Waals surface area contributed by atoms with Crippen LogP contribution in [0.4, 0.5) is 5.69 Å². The van der Waals surface area contributed by atoms with E-state index in [4.69, 9.17) is 0 Å². The quantitative estimate of drug-likeness (QED) is 0.923. The van der Waals surface area contributed by atoms with Gasteiger partial charge in [0.25, 0.3) is 0 Å². The van der Waals surface area contributed by atoms with Crippen LogP contribution in [0.3, 0.4) is 0 Å². The third-order valence-corrected chi connectivity index (χ3v) is 4.30. The van der Waals surface area contributed by atoms with Crippen LogP contribution in [0.5, 0.6) is 0 Å². The zero-order chi connectivity index (χ0) is 13.1. The summed E-state index contributed by atoms with van der Waals surface area (Å²) in [4.78, 5) is 13.6. The first kappa shape index (κ1) is 13.4. The molecule has 1 aliphatic rings. The van der Waals surface area contributed by atoms with Crippen LogP contribution in [0.15, 0.2) is 22.7 Å². The van der Waals surface area contributed by atoms with Gasteiger partial charge >= 0.3 is 5.97 Å². The van der Waals surface area contributed by atoms with Gasteiger partial charge in [-0.2, -0.15) is 0 Å². The normalized spacial score (nSPS) is 19.9. The molecule has 1 aromatic rings. The number of carboxylic acid groups (broad SMARTS) is 1. The fourth-order valence-corrected chi connectivity index (χ4v) is 3.13. The molecule has 0 amide bonds. The summed E-state index contributed by atoms with van der Waals surface area (Å²) in [5.74, 6) is -0.185. The molecule has 0 aromatic heterocycles. The maximum Gasteiger partial charge on any atom is 0.338 e. The van der Waals surface area contributed by atoms with Gasteiger partial charge in [-0.15, -0.1) is 0 Å². The third-order valence-electron chi connectivity index (χ3n) is 3.64. The highest BCUT2D eigenvalue weighted by Crippen LogP contribution is 2.31. The van der Waals surface area contributed by atoms with Gasteiger partial charge in [-0.25, -0.2) is 4.79 Å². The maximum absolute atomic E-state index is 11.4. The van der Waals surface area contributed by atoms with Crippen LogP contribution in [0, 0.1) is 5.92 Å². The Morgan fingerprint density at radius 1 is 1.56 bits per heavy atom. The van der Waals surface area contributed by atoms with E-state index in [2.05, 4.69) is 27.8 Å². The van der Waals surface area contributed by atoms with Gasteiger partial charge in [0, 0.05) is 17.6 Å². The fraction of sp³-hybridized carbons (Fsp3) is 0.500. The van der Waals surface area contributed by atoms with Crippen LogP contribution in [0.25, 0.3) is 0 Å². The molecule has 0 saturated carbocycles. The Labute approximate surface area is 116 Å². The topological polar surface area (TPSA) is 40.5 Å². The highest BCUT2D eigenvalue weighted by Gasteiger charge is 2.23. The number of rotatable bonds is 3. The SMILES string of the molecule is CCC1CCCN(c2cccc(Br)c2C(=O)O)C1. The number of hydrogen-bond donors (Lipinski definition) is 1. The maximum atomic E-state index is 11.4. The summed E-state index contributed by atoms with van der Waals surface area (Å²) >= 11 is 3.34. The number of hydrogen-bond acceptors (Lipinski definition) is 2. The Balaban J connectivity index is 2.32. The van der Waals surface area contributed by atoms with Crippen molar-refractivity contribution in [2.45, 2.75) is 26.2 Å². The van der Waals surface area contributed by atoms with Gasteiger partial charge in [0.05, 0.1) is 11.3 Å². The van der Waals surface area contributed by atoms with Gasteiger partial charge in [0.2, 0.25) is 0 Å². The van der Waals surface area contributed by atoms with Crippen molar-refractivity contribution >= 4 is 27.6 Å². The van der Waals surface area contributed by atoms with Crippen molar-refractivity contribution in [3.63, 3.8) is 0 Å². The van der Waals surface area contributed by atoms with E-state index in [0.29, 0.717) is 16.0 Å². The lowest BCUT2D eigenvalue weighted by molar-refractivity contribution is 0.0696. The van der Waals surface area contributed by atoms with E-state index < -0.39 is 5.97 Å². The van der Waals surface area contributed by atoms with Crippen molar-refractivity contribution in [2.24, 2.45) is 5.92 Å². The molecule has 0 bridgehead atoms. The van der Waals surface area contributed by atoms with E-state index >= 15 is 0 Å². The Kier molecular flexibility index (Phi) is 4.27. The molecule has 2 rings (SSSR count). The summed E-state index contributed by atoms with van der Waals surface area (Å²) in [6.45, 7) is 4.12. The lowest BCUT2D eigenvalue weighted by atomic mass is 9.95. The Morgan fingerprint density at radius 3 is 3.00 bits per heavy atom. The number of carboxylic acids is 1. The zero-order valence-corrected chi connectivity index (χ0v) is 12.1. The van der Waals surface area contributed by atoms with Crippen LogP contribution in [-0.2, 0) is 0 Å². The van der Waals surface area contributed by atoms with Crippen molar-refractivity contribution in [1.82, 2.24) is 0 Å². The van der Waals surface area contributed by atoms with Crippen molar-refractivity contribution in [3.05, 3.63) is 28.2 Å². The summed E-state index contributed by atoms with van der Waals surface area (Å²) in [6.07, 6.45) is 3.56. The number of carbonyl (C=O) groups is 1. The molecular weight excluding hydrogens is 294 g/mol. The molecular formula is C14H18BrNO2.